The number of carbonyl (C=O) groups excluding carboxylic acids is 2. The van der Waals surface area contributed by atoms with Gasteiger partial charge in [0.05, 0.1) is 45.7 Å². The van der Waals surface area contributed by atoms with E-state index < -0.39 is 5.54 Å². The molecule has 6 aromatic rings. The van der Waals surface area contributed by atoms with E-state index in [9.17, 15) is 29.7 Å². The first-order valence-electron chi connectivity index (χ1n) is 20.3. The molecule has 0 unspecified atom stereocenters. The van der Waals surface area contributed by atoms with E-state index in [4.69, 9.17) is 15.7 Å². The van der Waals surface area contributed by atoms with Crippen LogP contribution < -0.4 is 17.1 Å². The molecular weight excluding hydrogens is 802 g/mol. The standard InChI is InChI=1S/C24H28N4O2.C22H27N5O.C2H3ClO/c1-15(11-16(2)29)17-7-8-18(13-25)19(12-17)20-9-10-21-22(26-20)27(6)23(30)28(21)14-24(3,4)5;1-21(2,3)13-27-18-10-9-17(25-19(18)26(6)20(27)28)16-11-15(22(4,5)24)8-7-14(16)12-23;1-2(3)4/h7-10,12,15H,11,14H2,1-6H3;7-11H,13,24H2,1-6H3;1H3/t15-;;/m0../s1. The Morgan fingerprint density at radius 2 is 1.11 bits per heavy atom. The van der Waals surface area contributed by atoms with Crippen molar-refractivity contribution < 1.29 is 9.59 Å². The molecule has 0 bridgehead atoms. The number of Topliss-reactive ketones (excluding diaryl/α,β-unsaturated/α-hetero) is 1. The van der Waals surface area contributed by atoms with Gasteiger partial charge in [0.1, 0.15) is 5.78 Å². The lowest BCUT2D eigenvalue weighted by Crippen LogP contribution is -2.28. The predicted octanol–water partition coefficient (Wildman–Crippen LogP) is 8.69. The van der Waals surface area contributed by atoms with Crippen LogP contribution in [0.1, 0.15) is 111 Å². The van der Waals surface area contributed by atoms with Crippen molar-refractivity contribution in [3.8, 4) is 34.7 Å². The van der Waals surface area contributed by atoms with E-state index in [-0.39, 0.29) is 39.2 Å². The second-order valence-electron chi connectivity index (χ2n) is 18.8. The largest absolute Gasteiger partial charge is 0.330 e. The number of fused-ring (bicyclic) bond motifs is 2. The molecule has 1 atom stereocenters. The number of nitrogens with two attached hydrogens (primary N) is 1. The summed E-state index contributed by atoms with van der Waals surface area (Å²) in [6.45, 7) is 22.5. The molecule has 6 rings (SSSR count). The Morgan fingerprint density at radius 3 is 1.48 bits per heavy atom. The molecule has 0 saturated carbocycles. The molecule has 2 N–H and O–H groups in total. The van der Waals surface area contributed by atoms with Crippen LogP contribution in [0.15, 0.2) is 70.3 Å². The van der Waals surface area contributed by atoms with Crippen LogP contribution in [0.3, 0.4) is 0 Å². The fourth-order valence-corrected chi connectivity index (χ4v) is 7.08. The van der Waals surface area contributed by atoms with Gasteiger partial charge in [-0.15, -0.1) is 0 Å². The molecule has 0 aliphatic carbocycles. The van der Waals surface area contributed by atoms with Gasteiger partial charge in [-0.3, -0.25) is 23.1 Å². The number of benzene rings is 2. The van der Waals surface area contributed by atoms with Crippen LogP contribution in [0.4, 0.5) is 0 Å². The quantitative estimate of drug-likeness (QED) is 0.146. The van der Waals surface area contributed by atoms with Crippen molar-refractivity contribution in [3.63, 3.8) is 0 Å². The number of imidazole rings is 2. The maximum atomic E-state index is 12.8. The summed E-state index contributed by atoms with van der Waals surface area (Å²) in [5, 5.41) is 18.8. The Kier molecular flexibility index (Phi) is 14.8. The van der Waals surface area contributed by atoms with Gasteiger partial charge in [-0.25, -0.2) is 19.6 Å². The zero-order valence-electron chi connectivity index (χ0n) is 38.1. The van der Waals surface area contributed by atoms with E-state index in [0.717, 1.165) is 27.7 Å². The maximum absolute atomic E-state index is 12.8. The van der Waals surface area contributed by atoms with Gasteiger partial charge < -0.3 is 10.5 Å². The van der Waals surface area contributed by atoms with E-state index in [2.05, 4.69) is 65.3 Å². The monoisotopic (exact) mass is 859 g/mol. The van der Waals surface area contributed by atoms with Crippen molar-refractivity contribution in [3.05, 3.63) is 104 Å². The number of pyridine rings is 2. The summed E-state index contributed by atoms with van der Waals surface area (Å²) in [4.78, 5) is 55.7. The van der Waals surface area contributed by atoms with Crippen molar-refractivity contribution in [1.82, 2.24) is 28.2 Å². The second kappa shape index (κ2) is 18.9. The first-order valence-corrected chi connectivity index (χ1v) is 20.7. The van der Waals surface area contributed by atoms with Gasteiger partial charge in [0.15, 0.2) is 11.3 Å². The van der Waals surface area contributed by atoms with Crippen molar-refractivity contribution in [2.45, 2.75) is 107 Å². The fraction of sp³-hybridized carbons (Fsp3) is 0.417. The zero-order chi connectivity index (χ0) is 46.6. The van der Waals surface area contributed by atoms with Gasteiger partial charge in [-0.2, -0.15) is 10.5 Å². The van der Waals surface area contributed by atoms with E-state index in [1.807, 2.05) is 69.3 Å². The number of aromatic nitrogens is 6. The topological polar surface area (TPSA) is 187 Å². The molecule has 0 aliphatic rings. The SMILES string of the molecule is CC(=O)C[C@H](C)c1ccc(C#N)c(-c2ccc3c(n2)n(C)c(=O)n3CC(C)(C)C)c1.CC(=O)Cl.Cn1c(=O)n(CC(C)(C)C)c2ccc(-c3cc(C(C)(C)N)ccc3C#N)nc21. The van der Waals surface area contributed by atoms with Gasteiger partial charge in [0.25, 0.3) is 0 Å². The Morgan fingerprint density at radius 1 is 0.710 bits per heavy atom. The Bertz CT molecular complexity index is 2860. The predicted molar refractivity (Wildman–Crippen MR) is 247 cm³/mol. The lowest BCUT2D eigenvalue weighted by atomic mass is 9.91. The van der Waals surface area contributed by atoms with Gasteiger partial charge in [-0.05, 0) is 109 Å². The van der Waals surface area contributed by atoms with Crippen LogP contribution in [0, 0.1) is 33.5 Å². The highest BCUT2D eigenvalue weighted by Crippen LogP contribution is 2.31. The molecule has 2 aromatic carbocycles. The number of carbonyl (C=O) groups is 2. The molecule has 4 aromatic heterocycles. The van der Waals surface area contributed by atoms with E-state index in [1.165, 1.54) is 6.92 Å². The average Bonchev–Trinajstić information content (AvgIpc) is 3.54. The first-order chi connectivity index (χ1) is 28.7. The number of aryl methyl sites for hydroxylation is 2. The summed E-state index contributed by atoms with van der Waals surface area (Å²) in [5.41, 5.74) is 13.9. The van der Waals surface area contributed by atoms with Crippen molar-refractivity contribution >= 4 is 45.0 Å². The maximum Gasteiger partial charge on any atom is 0.330 e. The van der Waals surface area contributed by atoms with Gasteiger partial charge in [0, 0.05) is 57.2 Å². The van der Waals surface area contributed by atoms with Crippen LogP contribution >= 0.6 is 11.6 Å². The number of rotatable bonds is 8. The highest BCUT2D eigenvalue weighted by atomic mass is 35.5. The molecule has 0 amide bonds. The van der Waals surface area contributed by atoms with Crippen LogP contribution in [0.5, 0.6) is 0 Å². The summed E-state index contributed by atoms with van der Waals surface area (Å²) in [5.74, 6) is 0.179. The van der Waals surface area contributed by atoms with Gasteiger partial charge >= 0.3 is 11.4 Å². The highest BCUT2D eigenvalue weighted by molar-refractivity contribution is 6.62. The van der Waals surface area contributed by atoms with Crippen LogP contribution in [0.25, 0.3) is 44.8 Å². The van der Waals surface area contributed by atoms with Crippen LogP contribution in [0.2, 0.25) is 0 Å². The summed E-state index contributed by atoms with van der Waals surface area (Å²) >= 11 is 4.64. The Balaban J connectivity index is 0.000000251. The summed E-state index contributed by atoms with van der Waals surface area (Å²) in [6, 6.07) is 23.2. The smallest absolute Gasteiger partial charge is 0.322 e. The van der Waals surface area contributed by atoms with Crippen molar-refractivity contribution in [2.75, 3.05) is 0 Å². The number of halogens is 1. The summed E-state index contributed by atoms with van der Waals surface area (Å²) in [6.07, 6.45) is 0.446. The molecule has 0 saturated heterocycles. The lowest BCUT2D eigenvalue weighted by molar-refractivity contribution is -0.117. The van der Waals surface area contributed by atoms with E-state index >= 15 is 0 Å². The lowest BCUT2D eigenvalue weighted by Gasteiger charge is -2.20. The molecule has 62 heavy (non-hydrogen) atoms. The van der Waals surface area contributed by atoms with Crippen molar-refractivity contribution in [1.29, 1.82) is 10.5 Å². The van der Waals surface area contributed by atoms with Gasteiger partial charge in [0.2, 0.25) is 5.24 Å². The summed E-state index contributed by atoms with van der Waals surface area (Å²) < 4.78 is 6.63. The number of hydrogen-bond acceptors (Lipinski definition) is 9. The van der Waals surface area contributed by atoms with Crippen LogP contribution in [-0.4, -0.2) is 39.3 Å². The fourth-order valence-electron chi connectivity index (χ4n) is 7.08. The molecule has 326 valence electrons. The second-order valence-corrected chi connectivity index (χ2v) is 19.4. The zero-order valence-corrected chi connectivity index (χ0v) is 38.9. The number of nitriles is 2. The number of hydrogen-bond donors (Lipinski definition) is 1. The van der Waals surface area contributed by atoms with E-state index in [0.29, 0.717) is 58.9 Å². The minimum atomic E-state index is -0.532. The average molecular weight is 861 g/mol. The molecule has 4 heterocycles. The number of nitrogens with zero attached hydrogens (tertiary/aromatic N) is 8. The number of ketones is 1. The van der Waals surface area contributed by atoms with Crippen molar-refractivity contribution in [2.24, 2.45) is 30.7 Å². The first kappa shape index (κ1) is 48.5. The third-order valence-electron chi connectivity index (χ3n) is 9.99. The minimum Gasteiger partial charge on any atom is -0.322 e. The Hall–Kier alpha value is -6.15. The van der Waals surface area contributed by atoms with E-state index in [1.54, 1.807) is 51.4 Å². The molecular formula is C48H58ClN9O4. The molecule has 13 nitrogen and oxygen atoms in total. The normalized spacial score (nSPS) is 12.1. The third-order valence-corrected chi connectivity index (χ3v) is 9.99. The highest BCUT2D eigenvalue weighted by Gasteiger charge is 2.23. The Labute approximate surface area is 368 Å². The molecule has 0 spiro atoms. The molecule has 0 aliphatic heterocycles. The van der Waals surface area contributed by atoms with Crippen LogP contribution in [-0.2, 0) is 42.3 Å². The van der Waals surface area contributed by atoms with Gasteiger partial charge in [-0.1, -0.05) is 60.6 Å². The molecule has 14 heteroatoms. The third kappa shape index (κ3) is 11.6. The molecule has 0 fully saturated rings. The minimum absolute atomic E-state index is 0.0359. The molecule has 0 radical (unpaired) electrons. The summed E-state index contributed by atoms with van der Waals surface area (Å²) in [7, 11) is 3.45.